The van der Waals surface area contributed by atoms with Crippen molar-refractivity contribution in [1.82, 2.24) is 4.98 Å². The van der Waals surface area contributed by atoms with Crippen LogP contribution in [-0.2, 0) is 0 Å². The Bertz CT molecular complexity index is 601. The second-order valence-corrected chi connectivity index (χ2v) is 4.83. The fourth-order valence-corrected chi connectivity index (χ4v) is 2.10. The molecule has 2 aromatic rings. The third-order valence-corrected chi connectivity index (χ3v) is 2.99. The maximum absolute atomic E-state index is 13.2. The van der Waals surface area contributed by atoms with Crippen LogP contribution in [0.1, 0.15) is 0 Å². The van der Waals surface area contributed by atoms with Crippen molar-refractivity contribution in [2.45, 2.75) is 0 Å². The molecular formula is C11H8Cl3FN4. The molecule has 0 saturated carbocycles. The van der Waals surface area contributed by atoms with E-state index in [4.69, 9.17) is 40.6 Å². The Hall–Kier alpha value is -1.27. The van der Waals surface area contributed by atoms with Crippen LogP contribution in [0.5, 0.6) is 0 Å². The first-order chi connectivity index (χ1) is 8.99. The standard InChI is InChI=1S/C11H8Cl3FN4/c12-5-1-6(15)3-7(2-5)17-10-8(13)4-9(14)11(18-10)19-16/h1-4H,16H2,(H2,17,18,19). The third-order valence-electron chi connectivity index (χ3n) is 2.19. The molecule has 0 fully saturated rings. The van der Waals surface area contributed by atoms with E-state index in [-0.39, 0.29) is 26.7 Å². The highest BCUT2D eigenvalue weighted by atomic mass is 35.5. The lowest BCUT2D eigenvalue weighted by atomic mass is 10.3. The van der Waals surface area contributed by atoms with E-state index >= 15 is 0 Å². The number of anilines is 3. The number of benzene rings is 1. The Morgan fingerprint density at radius 1 is 1.00 bits per heavy atom. The minimum Gasteiger partial charge on any atom is -0.339 e. The Morgan fingerprint density at radius 3 is 2.32 bits per heavy atom. The van der Waals surface area contributed by atoms with E-state index in [1.54, 1.807) is 0 Å². The summed E-state index contributed by atoms with van der Waals surface area (Å²) in [4.78, 5) is 4.07. The molecule has 0 bridgehead atoms. The average molecular weight is 322 g/mol. The average Bonchev–Trinajstić information content (AvgIpc) is 2.31. The summed E-state index contributed by atoms with van der Waals surface area (Å²) in [6.07, 6.45) is 0. The van der Waals surface area contributed by atoms with Crippen molar-refractivity contribution >= 4 is 52.1 Å². The third kappa shape index (κ3) is 3.39. The Balaban J connectivity index is 2.37. The number of nitrogen functional groups attached to an aromatic ring is 1. The normalized spacial score (nSPS) is 10.4. The van der Waals surface area contributed by atoms with Crippen LogP contribution >= 0.6 is 34.8 Å². The number of pyridine rings is 1. The molecule has 0 atom stereocenters. The molecule has 0 aliphatic carbocycles. The van der Waals surface area contributed by atoms with Crippen LogP contribution in [0.3, 0.4) is 0 Å². The Kier molecular flexibility index (Phi) is 4.31. The molecule has 4 N–H and O–H groups in total. The van der Waals surface area contributed by atoms with Gasteiger partial charge in [0.2, 0.25) is 0 Å². The van der Waals surface area contributed by atoms with Gasteiger partial charge in [0.1, 0.15) is 5.82 Å². The summed E-state index contributed by atoms with van der Waals surface area (Å²) in [5.41, 5.74) is 2.74. The molecule has 0 radical (unpaired) electrons. The highest BCUT2D eigenvalue weighted by molar-refractivity contribution is 6.37. The van der Waals surface area contributed by atoms with Crippen molar-refractivity contribution in [3.8, 4) is 0 Å². The van der Waals surface area contributed by atoms with Gasteiger partial charge in [-0.1, -0.05) is 34.8 Å². The zero-order valence-corrected chi connectivity index (χ0v) is 11.6. The lowest BCUT2D eigenvalue weighted by Crippen LogP contribution is -2.10. The lowest BCUT2D eigenvalue weighted by molar-refractivity contribution is 0.628. The molecule has 0 unspecified atom stereocenters. The molecule has 0 amide bonds. The molecule has 8 heteroatoms. The summed E-state index contributed by atoms with van der Waals surface area (Å²) in [5, 5.41) is 3.63. The summed E-state index contributed by atoms with van der Waals surface area (Å²) in [6, 6.07) is 5.45. The first-order valence-corrected chi connectivity index (χ1v) is 6.19. The van der Waals surface area contributed by atoms with E-state index in [0.717, 1.165) is 0 Å². The van der Waals surface area contributed by atoms with Crippen molar-refractivity contribution in [1.29, 1.82) is 0 Å². The summed E-state index contributed by atoms with van der Waals surface area (Å²) < 4.78 is 13.2. The number of nitrogens with two attached hydrogens (primary N) is 1. The van der Waals surface area contributed by atoms with Crippen molar-refractivity contribution in [2.24, 2.45) is 5.84 Å². The van der Waals surface area contributed by atoms with Gasteiger partial charge in [0.25, 0.3) is 0 Å². The van der Waals surface area contributed by atoms with E-state index in [9.17, 15) is 4.39 Å². The molecule has 0 aliphatic heterocycles. The quantitative estimate of drug-likeness (QED) is 0.585. The van der Waals surface area contributed by atoms with Gasteiger partial charge >= 0.3 is 0 Å². The summed E-state index contributed by atoms with van der Waals surface area (Å²) in [5.74, 6) is 5.31. The maximum atomic E-state index is 13.2. The summed E-state index contributed by atoms with van der Waals surface area (Å²) >= 11 is 17.6. The predicted octanol–water partition coefficient (Wildman–Crippen LogP) is 4.21. The van der Waals surface area contributed by atoms with Crippen molar-refractivity contribution in [2.75, 3.05) is 10.7 Å². The maximum Gasteiger partial charge on any atom is 0.161 e. The molecular weight excluding hydrogens is 314 g/mol. The highest BCUT2D eigenvalue weighted by Crippen LogP contribution is 2.31. The number of hydrogen-bond acceptors (Lipinski definition) is 4. The first kappa shape index (κ1) is 14.1. The second-order valence-electron chi connectivity index (χ2n) is 3.58. The van der Waals surface area contributed by atoms with Gasteiger partial charge in [-0.3, -0.25) is 0 Å². The van der Waals surface area contributed by atoms with Gasteiger partial charge in [-0.25, -0.2) is 15.2 Å². The molecule has 0 spiro atoms. The molecule has 4 nitrogen and oxygen atoms in total. The monoisotopic (exact) mass is 320 g/mol. The largest absolute Gasteiger partial charge is 0.339 e. The fraction of sp³-hybridized carbons (Fsp3) is 0. The van der Waals surface area contributed by atoms with Crippen LogP contribution in [0.4, 0.5) is 21.7 Å². The van der Waals surface area contributed by atoms with Crippen LogP contribution < -0.4 is 16.6 Å². The predicted molar refractivity (Wildman–Crippen MR) is 76.8 cm³/mol. The number of hydrogen-bond donors (Lipinski definition) is 3. The molecule has 100 valence electrons. The molecule has 0 saturated heterocycles. The van der Waals surface area contributed by atoms with Gasteiger partial charge in [-0.2, -0.15) is 0 Å². The molecule has 19 heavy (non-hydrogen) atoms. The smallest absolute Gasteiger partial charge is 0.161 e. The number of halogens is 4. The van der Waals surface area contributed by atoms with Gasteiger partial charge in [-0.05, 0) is 24.3 Å². The van der Waals surface area contributed by atoms with E-state index in [1.807, 2.05) is 0 Å². The summed E-state index contributed by atoms with van der Waals surface area (Å²) in [7, 11) is 0. The van der Waals surface area contributed by atoms with Crippen LogP contribution in [0, 0.1) is 5.82 Å². The minimum absolute atomic E-state index is 0.246. The van der Waals surface area contributed by atoms with Gasteiger partial charge < -0.3 is 10.7 Å². The van der Waals surface area contributed by atoms with Crippen molar-refractivity contribution in [3.63, 3.8) is 0 Å². The molecule has 1 aromatic carbocycles. The highest BCUT2D eigenvalue weighted by Gasteiger charge is 2.09. The number of aromatic nitrogens is 1. The summed E-state index contributed by atoms with van der Waals surface area (Å²) in [6.45, 7) is 0. The van der Waals surface area contributed by atoms with Crippen LogP contribution in [0.15, 0.2) is 24.3 Å². The molecule has 2 rings (SSSR count). The lowest BCUT2D eigenvalue weighted by Gasteiger charge is -2.11. The van der Waals surface area contributed by atoms with Crippen molar-refractivity contribution < 1.29 is 4.39 Å². The number of nitrogens with one attached hydrogen (secondary N) is 2. The number of nitrogens with zero attached hydrogens (tertiary/aromatic N) is 1. The SMILES string of the molecule is NNc1nc(Nc2cc(F)cc(Cl)c2)c(Cl)cc1Cl. The number of rotatable bonds is 3. The molecule has 1 heterocycles. The Morgan fingerprint density at radius 2 is 1.68 bits per heavy atom. The van der Waals surface area contributed by atoms with E-state index in [0.29, 0.717) is 5.69 Å². The fourth-order valence-electron chi connectivity index (χ4n) is 1.42. The van der Waals surface area contributed by atoms with Gasteiger partial charge in [0.05, 0.1) is 10.0 Å². The number of hydrazine groups is 1. The molecule has 0 aliphatic rings. The first-order valence-electron chi connectivity index (χ1n) is 5.05. The molecule has 1 aromatic heterocycles. The van der Waals surface area contributed by atoms with Gasteiger partial charge in [-0.15, -0.1) is 0 Å². The Labute approximate surface area is 123 Å². The van der Waals surface area contributed by atoms with Crippen LogP contribution in [-0.4, -0.2) is 4.98 Å². The minimum atomic E-state index is -0.475. The van der Waals surface area contributed by atoms with E-state index in [1.165, 1.54) is 24.3 Å². The van der Waals surface area contributed by atoms with Crippen LogP contribution in [0.2, 0.25) is 15.1 Å². The van der Waals surface area contributed by atoms with E-state index in [2.05, 4.69) is 15.7 Å². The van der Waals surface area contributed by atoms with Crippen LogP contribution in [0.25, 0.3) is 0 Å². The van der Waals surface area contributed by atoms with Gasteiger partial charge in [0, 0.05) is 10.7 Å². The van der Waals surface area contributed by atoms with E-state index < -0.39 is 5.82 Å². The van der Waals surface area contributed by atoms with Crippen molar-refractivity contribution in [3.05, 3.63) is 45.2 Å². The zero-order valence-electron chi connectivity index (χ0n) is 9.35. The van der Waals surface area contributed by atoms with Gasteiger partial charge in [0.15, 0.2) is 11.6 Å². The zero-order chi connectivity index (χ0) is 14.0. The topological polar surface area (TPSA) is 63.0 Å². The second kappa shape index (κ2) is 5.79.